The van der Waals surface area contributed by atoms with Gasteiger partial charge < -0.3 is 15.8 Å². The van der Waals surface area contributed by atoms with Gasteiger partial charge in [-0.2, -0.15) is 0 Å². The van der Waals surface area contributed by atoms with Crippen LogP contribution in [0, 0.1) is 5.92 Å². The van der Waals surface area contributed by atoms with Crippen LogP contribution in [0.2, 0.25) is 0 Å². The van der Waals surface area contributed by atoms with Gasteiger partial charge in [-0.1, -0.05) is 12.1 Å². The van der Waals surface area contributed by atoms with Crippen molar-refractivity contribution in [3.63, 3.8) is 0 Å². The number of sulfonamides is 1. The fourth-order valence-corrected chi connectivity index (χ4v) is 2.47. The Hall–Kier alpha value is -1.48. The van der Waals surface area contributed by atoms with E-state index in [1.807, 2.05) is 0 Å². The van der Waals surface area contributed by atoms with Gasteiger partial charge in [0, 0.05) is 12.6 Å². The second-order valence-electron chi connectivity index (χ2n) is 4.71. The zero-order chi connectivity index (χ0) is 14.8. The number of carbonyl (C=O) groups is 1. The summed E-state index contributed by atoms with van der Waals surface area (Å²) in [7, 11) is -3.69. The molecule has 0 aromatic heterocycles. The maximum atomic E-state index is 11.9. The third kappa shape index (κ3) is 3.54. The lowest BCUT2D eigenvalue weighted by molar-refractivity contribution is -0.125. The Morgan fingerprint density at radius 2 is 1.95 bits per heavy atom. The lowest BCUT2D eigenvalue weighted by Gasteiger charge is -2.13. The molecule has 1 fully saturated rings. The molecule has 8 heteroatoms. The Bertz CT molecular complexity index is 585. The second-order valence-corrected chi connectivity index (χ2v) is 6.28. The monoisotopic (exact) mass is 299 g/mol. The maximum absolute atomic E-state index is 11.9. The molecule has 0 saturated carbocycles. The largest absolute Gasteiger partial charge is 0.379 e. The average Bonchev–Trinajstić information content (AvgIpc) is 2.82. The highest BCUT2D eigenvalue weighted by Crippen LogP contribution is 2.12. The molecule has 0 aliphatic carbocycles. The summed E-state index contributed by atoms with van der Waals surface area (Å²) in [5.41, 5.74) is 6.53. The van der Waals surface area contributed by atoms with Gasteiger partial charge in [0.15, 0.2) is 0 Å². The number of rotatable bonds is 4. The number of nitrogens with two attached hydrogens (primary N) is 2. The third-order valence-corrected chi connectivity index (χ3v) is 4.11. The first-order chi connectivity index (χ1) is 9.38. The van der Waals surface area contributed by atoms with Crippen molar-refractivity contribution < 1.29 is 17.9 Å². The fourth-order valence-electron chi connectivity index (χ4n) is 1.96. The van der Waals surface area contributed by atoms with E-state index < -0.39 is 10.0 Å². The van der Waals surface area contributed by atoms with Crippen LogP contribution in [-0.2, 0) is 26.1 Å². The Morgan fingerprint density at radius 1 is 1.30 bits per heavy atom. The predicted molar refractivity (Wildman–Crippen MR) is 71.9 cm³/mol. The zero-order valence-corrected chi connectivity index (χ0v) is 11.6. The molecular formula is C12H17N3O4S. The molecule has 0 bridgehead atoms. The summed E-state index contributed by atoms with van der Waals surface area (Å²) < 4.78 is 27.3. The van der Waals surface area contributed by atoms with E-state index in [9.17, 15) is 13.2 Å². The molecular weight excluding hydrogens is 282 g/mol. The summed E-state index contributed by atoms with van der Waals surface area (Å²) in [6, 6.07) is 5.73. The normalized spacial score (nSPS) is 22.7. The van der Waals surface area contributed by atoms with Crippen molar-refractivity contribution in [1.82, 2.24) is 5.32 Å². The van der Waals surface area contributed by atoms with Crippen molar-refractivity contribution in [2.45, 2.75) is 17.5 Å². The van der Waals surface area contributed by atoms with E-state index in [-0.39, 0.29) is 22.8 Å². The molecule has 5 N–H and O–H groups in total. The number of nitrogens with one attached hydrogen (secondary N) is 1. The molecule has 1 amide bonds. The minimum atomic E-state index is -3.69. The van der Waals surface area contributed by atoms with E-state index in [0.29, 0.717) is 19.8 Å². The Labute approximate surface area is 117 Å². The van der Waals surface area contributed by atoms with Crippen molar-refractivity contribution in [2.24, 2.45) is 16.8 Å². The van der Waals surface area contributed by atoms with E-state index in [2.05, 4.69) is 5.32 Å². The number of carbonyl (C=O) groups excluding carboxylic acids is 1. The highest BCUT2D eigenvalue weighted by atomic mass is 32.2. The van der Waals surface area contributed by atoms with Gasteiger partial charge >= 0.3 is 0 Å². The first-order valence-electron chi connectivity index (χ1n) is 6.10. The van der Waals surface area contributed by atoms with Gasteiger partial charge in [-0.05, 0) is 17.7 Å². The minimum Gasteiger partial charge on any atom is -0.379 e. The molecule has 1 heterocycles. The molecule has 0 radical (unpaired) electrons. The lowest BCUT2D eigenvalue weighted by atomic mass is 10.0. The van der Waals surface area contributed by atoms with Gasteiger partial charge in [0.2, 0.25) is 15.9 Å². The number of benzene rings is 1. The van der Waals surface area contributed by atoms with E-state index in [0.717, 1.165) is 5.56 Å². The van der Waals surface area contributed by atoms with Gasteiger partial charge in [0.05, 0.1) is 24.0 Å². The molecule has 2 rings (SSSR count). The highest BCUT2D eigenvalue weighted by molar-refractivity contribution is 7.89. The summed E-state index contributed by atoms with van der Waals surface area (Å²) in [6.07, 6.45) is 0. The molecule has 1 aliphatic rings. The van der Waals surface area contributed by atoms with Crippen LogP contribution in [0.25, 0.3) is 0 Å². The molecule has 0 spiro atoms. The Morgan fingerprint density at radius 3 is 2.45 bits per heavy atom. The van der Waals surface area contributed by atoms with Crippen LogP contribution in [0.4, 0.5) is 0 Å². The summed E-state index contributed by atoms with van der Waals surface area (Å²) in [6.45, 7) is 1.02. The van der Waals surface area contributed by atoms with Crippen LogP contribution in [-0.4, -0.2) is 33.6 Å². The van der Waals surface area contributed by atoms with Crippen LogP contribution in [0.5, 0.6) is 0 Å². The minimum absolute atomic E-state index is 0.0405. The quantitative estimate of drug-likeness (QED) is 0.652. The molecule has 1 aromatic rings. The smallest absolute Gasteiger partial charge is 0.238 e. The Balaban J connectivity index is 1.93. The number of primary sulfonamides is 1. The molecule has 7 nitrogen and oxygen atoms in total. The first kappa shape index (κ1) is 14.9. The fraction of sp³-hybridized carbons (Fsp3) is 0.417. The number of hydrogen-bond acceptors (Lipinski definition) is 5. The van der Waals surface area contributed by atoms with Crippen molar-refractivity contribution in [1.29, 1.82) is 0 Å². The lowest BCUT2D eigenvalue weighted by Crippen LogP contribution is -2.40. The van der Waals surface area contributed by atoms with Gasteiger partial charge in [-0.3, -0.25) is 4.79 Å². The summed E-state index contributed by atoms with van der Waals surface area (Å²) in [5.74, 6) is -0.496. The molecule has 110 valence electrons. The number of hydrogen-bond donors (Lipinski definition) is 3. The first-order valence-corrected chi connectivity index (χ1v) is 7.65. The van der Waals surface area contributed by atoms with Crippen LogP contribution in [0.3, 0.4) is 0 Å². The van der Waals surface area contributed by atoms with Crippen LogP contribution < -0.4 is 16.2 Å². The van der Waals surface area contributed by atoms with Gasteiger partial charge in [0.25, 0.3) is 0 Å². The molecule has 1 aromatic carbocycles. The highest BCUT2D eigenvalue weighted by Gasteiger charge is 2.30. The van der Waals surface area contributed by atoms with Gasteiger partial charge in [-0.15, -0.1) is 0 Å². The standard InChI is InChI=1S/C12H17N3O4S/c13-11-7-19-6-10(11)12(16)15-5-8-1-3-9(4-2-8)20(14,17)18/h1-4,10-11H,5-7,13H2,(H,15,16)(H2,14,17,18). The Kier molecular flexibility index (Phi) is 4.39. The number of amides is 1. The van der Waals surface area contributed by atoms with E-state index >= 15 is 0 Å². The number of ether oxygens (including phenoxy) is 1. The average molecular weight is 299 g/mol. The van der Waals surface area contributed by atoms with E-state index in [1.165, 1.54) is 12.1 Å². The molecule has 1 aliphatic heterocycles. The zero-order valence-electron chi connectivity index (χ0n) is 10.8. The molecule has 2 unspecified atom stereocenters. The SMILES string of the molecule is NC1COCC1C(=O)NCc1ccc(S(N)(=O)=O)cc1. The maximum Gasteiger partial charge on any atom is 0.238 e. The van der Waals surface area contributed by atoms with E-state index in [4.69, 9.17) is 15.6 Å². The molecule has 2 atom stereocenters. The predicted octanol–water partition coefficient (Wildman–Crippen LogP) is -1.08. The van der Waals surface area contributed by atoms with Crippen LogP contribution in [0.1, 0.15) is 5.56 Å². The summed E-state index contributed by atoms with van der Waals surface area (Å²) in [5, 5.41) is 7.75. The topological polar surface area (TPSA) is 125 Å². The van der Waals surface area contributed by atoms with Gasteiger partial charge in [-0.25, -0.2) is 13.6 Å². The van der Waals surface area contributed by atoms with E-state index in [1.54, 1.807) is 12.1 Å². The van der Waals surface area contributed by atoms with Crippen molar-refractivity contribution in [3.8, 4) is 0 Å². The van der Waals surface area contributed by atoms with Crippen LogP contribution >= 0.6 is 0 Å². The molecule has 20 heavy (non-hydrogen) atoms. The summed E-state index contributed by atoms with van der Waals surface area (Å²) in [4.78, 5) is 11.9. The summed E-state index contributed by atoms with van der Waals surface area (Å²) >= 11 is 0. The molecule has 1 saturated heterocycles. The van der Waals surface area contributed by atoms with Gasteiger partial charge in [0.1, 0.15) is 0 Å². The second kappa shape index (κ2) is 5.88. The van der Waals surface area contributed by atoms with Crippen molar-refractivity contribution in [3.05, 3.63) is 29.8 Å². The van der Waals surface area contributed by atoms with Crippen molar-refractivity contribution >= 4 is 15.9 Å². The third-order valence-electron chi connectivity index (χ3n) is 3.18. The van der Waals surface area contributed by atoms with Crippen molar-refractivity contribution in [2.75, 3.05) is 13.2 Å². The van der Waals surface area contributed by atoms with Crippen LogP contribution in [0.15, 0.2) is 29.2 Å².